The molecule has 0 amide bonds. The van der Waals surface area contributed by atoms with Gasteiger partial charge in [0.15, 0.2) is 0 Å². The first-order valence-electron chi connectivity index (χ1n) is 4.09. The van der Waals surface area contributed by atoms with Gasteiger partial charge < -0.3 is 5.32 Å². The Morgan fingerprint density at radius 3 is 2.50 bits per heavy atom. The van der Waals surface area contributed by atoms with Crippen LogP contribution in [-0.4, -0.2) is 6.54 Å². The maximum atomic E-state index is 3.32. The maximum Gasteiger partial charge on any atom is 0.0141 e. The SMILES string of the molecule is CCCNC(C)=CC(C)C. The summed E-state index contributed by atoms with van der Waals surface area (Å²) < 4.78 is 0. The van der Waals surface area contributed by atoms with Gasteiger partial charge in [-0.2, -0.15) is 0 Å². The third-order valence-corrected chi connectivity index (χ3v) is 1.24. The van der Waals surface area contributed by atoms with Crippen LogP contribution in [0.5, 0.6) is 0 Å². The molecule has 0 aliphatic heterocycles. The third-order valence-electron chi connectivity index (χ3n) is 1.24. The Bertz CT molecular complexity index is 103. The molecule has 60 valence electrons. The van der Waals surface area contributed by atoms with Gasteiger partial charge in [-0.05, 0) is 19.3 Å². The van der Waals surface area contributed by atoms with Crippen LogP contribution < -0.4 is 5.32 Å². The van der Waals surface area contributed by atoms with Gasteiger partial charge in [-0.1, -0.05) is 26.8 Å². The molecule has 1 N–H and O–H groups in total. The maximum absolute atomic E-state index is 3.32. The molecule has 0 atom stereocenters. The molecular formula is C9H19N. The zero-order valence-corrected chi connectivity index (χ0v) is 7.57. The monoisotopic (exact) mass is 141 g/mol. The fraction of sp³-hybridized carbons (Fsp3) is 0.778. The van der Waals surface area contributed by atoms with Crippen molar-refractivity contribution in [1.29, 1.82) is 0 Å². The lowest BCUT2D eigenvalue weighted by molar-refractivity contribution is 0.739. The summed E-state index contributed by atoms with van der Waals surface area (Å²) in [5.41, 5.74) is 1.30. The summed E-state index contributed by atoms with van der Waals surface area (Å²) in [5.74, 6) is 0.657. The molecule has 0 bridgehead atoms. The van der Waals surface area contributed by atoms with Crippen LogP contribution in [0.15, 0.2) is 11.8 Å². The van der Waals surface area contributed by atoms with Gasteiger partial charge in [0, 0.05) is 12.2 Å². The van der Waals surface area contributed by atoms with Crippen LogP contribution in [-0.2, 0) is 0 Å². The summed E-state index contributed by atoms with van der Waals surface area (Å²) in [4.78, 5) is 0. The first-order chi connectivity index (χ1) is 4.66. The topological polar surface area (TPSA) is 12.0 Å². The standard InChI is InChI=1S/C9H19N/c1-5-6-10-9(4)7-8(2)3/h7-8,10H,5-6H2,1-4H3. The van der Waals surface area contributed by atoms with E-state index in [1.54, 1.807) is 0 Å². The summed E-state index contributed by atoms with van der Waals surface area (Å²) >= 11 is 0. The highest BCUT2D eigenvalue weighted by Crippen LogP contribution is 1.97. The van der Waals surface area contributed by atoms with Gasteiger partial charge in [-0.25, -0.2) is 0 Å². The molecule has 0 radical (unpaired) electrons. The molecule has 0 unspecified atom stereocenters. The molecule has 0 aliphatic rings. The number of rotatable bonds is 4. The first kappa shape index (κ1) is 9.54. The zero-order chi connectivity index (χ0) is 7.98. The molecule has 0 heterocycles. The highest BCUT2D eigenvalue weighted by Gasteiger charge is 1.88. The summed E-state index contributed by atoms with van der Waals surface area (Å²) in [6.45, 7) is 9.77. The van der Waals surface area contributed by atoms with Gasteiger partial charge >= 0.3 is 0 Å². The van der Waals surface area contributed by atoms with Crippen molar-refractivity contribution in [3.63, 3.8) is 0 Å². The molecule has 0 saturated carbocycles. The smallest absolute Gasteiger partial charge is 0.0141 e. The number of nitrogens with one attached hydrogen (secondary N) is 1. The van der Waals surface area contributed by atoms with Crippen LogP contribution >= 0.6 is 0 Å². The Balaban J connectivity index is 3.49. The fourth-order valence-electron chi connectivity index (χ4n) is 0.881. The Labute approximate surface area is 64.5 Å². The lowest BCUT2D eigenvalue weighted by atomic mass is 10.2. The second-order valence-corrected chi connectivity index (χ2v) is 3.02. The molecule has 0 rings (SSSR count). The Morgan fingerprint density at radius 2 is 2.10 bits per heavy atom. The van der Waals surface area contributed by atoms with E-state index >= 15 is 0 Å². The van der Waals surface area contributed by atoms with Crippen LogP contribution in [0.1, 0.15) is 34.1 Å². The van der Waals surface area contributed by atoms with Crippen molar-refractivity contribution in [2.45, 2.75) is 34.1 Å². The Morgan fingerprint density at radius 1 is 1.50 bits per heavy atom. The molecule has 10 heavy (non-hydrogen) atoms. The predicted octanol–water partition coefficient (Wildman–Crippen LogP) is 2.55. The molecule has 0 spiro atoms. The summed E-state index contributed by atoms with van der Waals surface area (Å²) in [6, 6.07) is 0. The van der Waals surface area contributed by atoms with Crippen molar-refractivity contribution in [2.24, 2.45) is 5.92 Å². The van der Waals surface area contributed by atoms with Gasteiger partial charge in [-0.15, -0.1) is 0 Å². The summed E-state index contributed by atoms with van der Waals surface area (Å²) in [6.07, 6.45) is 3.44. The molecule has 0 aromatic carbocycles. The van der Waals surface area contributed by atoms with Crippen molar-refractivity contribution in [1.82, 2.24) is 5.32 Å². The molecule has 0 aromatic heterocycles. The van der Waals surface area contributed by atoms with E-state index in [-0.39, 0.29) is 0 Å². The van der Waals surface area contributed by atoms with Crippen LogP contribution in [0.4, 0.5) is 0 Å². The molecule has 0 aromatic rings. The second kappa shape index (κ2) is 5.33. The van der Waals surface area contributed by atoms with Crippen molar-refractivity contribution in [2.75, 3.05) is 6.54 Å². The minimum absolute atomic E-state index is 0.657. The second-order valence-electron chi connectivity index (χ2n) is 3.02. The van der Waals surface area contributed by atoms with E-state index in [0.717, 1.165) is 6.54 Å². The Kier molecular flexibility index (Phi) is 5.09. The predicted molar refractivity (Wildman–Crippen MR) is 46.9 cm³/mol. The molecule has 0 saturated heterocycles. The average molecular weight is 141 g/mol. The van der Waals surface area contributed by atoms with Crippen molar-refractivity contribution in [3.8, 4) is 0 Å². The minimum atomic E-state index is 0.657. The average Bonchev–Trinajstić information content (AvgIpc) is 1.82. The lowest BCUT2D eigenvalue weighted by Crippen LogP contribution is -2.12. The number of allylic oxidation sites excluding steroid dienone is 2. The van der Waals surface area contributed by atoms with Crippen LogP contribution in [0.2, 0.25) is 0 Å². The molecule has 0 fully saturated rings. The Hall–Kier alpha value is -0.460. The van der Waals surface area contributed by atoms with E-state index in [4.69, 9.17) is 0 Å². The summed E-state index contributed by atoms with van der Waals surface area (Å²) in [7, 11) is 0. The number of hydrogen-bond acceptors (Lipinski definition) is 1. The van der Waals surface area contributed by atoms with Gasteiger partial charge in [0.2, 0.25) is 0 Å². The normalized spacial score (nSPS) is 12.3. The number of hydrogen-bond donors (Lipinski definition) is 1. The van der Waals surface area contributed by atoms with Gasteiger partial charge in [0.05, 0.1) is 0 Å². The molecule has 1 heteroatoms. The highest BCUT2D eigenvalue weighted by atomic mass is 14.9. The third kappa shape index (κ3) is 5.67. The van der Waals surface area contributed by atoms with Gasteiger partial charge in [0.25, 0.3) is 0 Å². The first-order valence-corrected chi connectivity index (χ1v) is 4.09. The van der Waals surface area contributed by atoms with E-state index in [1.807, 2.05) is 0 Å². The van der Waals surface area contributed by atoms with E-state index in [0.29, 0.717) is 5.92 Å². The van der Waals surface area contributed by atoms with Crippen LogP contribution in [0, 0.1) is 5.92 Å². The summed E-state index contributed by atoms with van der Waals surface area (Å²) in [5, 5.41) is 3.32. The molecular weight excluding hydrogens is 122 g/mol. The van der Waals surface area contributed by atoms with E-state index in [1.165, 1.54) is 12.1 Å². The molecule has 0 aliphatic carbocycles. The fourth-order valence-corrected chi connectivity index (χ4v) is 0.881. The van der Waals surface area contributed by atoms with E-state index in [2.05, 4.69) is 39.1 Å². The molecule has 1 nitrogen and oxygen atoms in total. The van der Waals surface area contributed by atoms with E-state index < -0.39 is 0 Å². The lowest BCUT2D eigenvalue weighted by Gasteiger charge is -2.05. The van der Waals surface area contributed by atoms with Crippen molar-refractivity contribution < 1.29 is 0 Å². The van der Waals surface area contributed by atoms with Crippen molar-refractivity contribution in [3.05, 3.63) is 11.8 Å². The van der Waals surface area contributed by atoms with Gasteiger partial charge in [-0.3, -0.25) is 0 Å². The minimum Gasteiger partial charge on any atom is -0.389 e. The largest absolute Gasteiger partial charge is 0.389 e. The quantitative estimate of drug-likeness (QED) is 0.634. The van der Waals surface area contributed by atoms with E-state index in [9.17, 15) is 0 Å². The van der Waals surface area contributed by atoms with Gasteiger partial charge in [0.1, 0.15) is 0 Å². The van der Waals surface area contributed by atoms with Crippen LogP contribution in [0.25, 0.3) is 0 Å². The van der Waals surface area contributed by atoms with Crippen LogP contribution in [0.3, 0.4) is 0 Å². The highest BCUT2D eigenvalue weighted by molar-refractivity contribution is 4.96. The zero-order valence-electron chi connectivity index (χ0n) is 7.57. The van der Waals surface area contributed by atoms with Crippen molar-refractivity contribution >= 4 is 0 Å².